The number of nitrogens with zero attached hydrogens (tertiary/aromatic N) is 4. The van der Waals surface area contributed by atoms with Crippen LogP contribution in [0, 0.1) is 22.5 Å². The van der Waals surface area contributed by atoms with Crippen molar-refractivity contribution in [3.8, 4) is 5.75 Å². The first-order valence-corrected chi connectivity index (χ1v) is 13.7. The molecule has 1 spiro atoms. The van der Waals surface area contributed by atoms with Gasteiger partial charge in [0.05, 0.1) is 10.6 Å². The third kappa shape index (κ3) is 4.75. The summed E-state index contributed by atoms with van der Waals surface area (Å²) in [6.45, 7) is 3.73. The summed E-state index contributed by atoms with van der Waals surface area (Å²) in [6.07, 6.45) is 4.44. The van der Waals surface area contributed by atoms with E-state index in [1.54, 1.807) is 23.9 Å². The highest BCUT2D eigenvalue weighted by Crippen LogP contribution is 2.38. The number of rotatable bonds is 5. The number of carbonyl (C=O) groups excluding carboxylic acids is 1. The Labute approximate surface area is 221 Å². The van der Waals surface area contributed by atoms with Crippen LogP contribution < -0.4 is 10.4 Å². The van der Waals surface area contributed by atoms with Gasteiger partial charge in [0, 0.05) is 58.2 Å². The van der Waals surface area contributed by atoms with E-state index in [2.05, 4.69) is 4.31 Å². The van der Waals surface area contributed by atoms with E-state index in [-0.39, 0.29) is 33.3 Å². The highest BCUT2D eigenvalue weighted by Gasteiger charge is 2.50. The molecule has 3 heterocycles. The molecule has 1 aromatic heterocycles. The van der Waals surface area contributed by atoms with Crippen molar-refractivity contribution in [1.29, 1.82) is 10.8 Å². The maximum absolute atomic E-state index is 14.0. The van der Waals surface area contributed by atoms with E-state index in [1.165, 1.54) is 16.9 Å². The molecule has 1 fully saturated rings. The van der Waals surface area contributed by atoms with Gasteiger partial charge in [0.1, 0.15) is 22.3 Å². The predicted molar refractivity (Wildman–Crippen MR) is 142 cm³/mol. The summed E-state index contributed by atoms with van der Waals surface area (Å²) in [7, 11) is 1.79. The van der Waals surface area contributed by atoms with Gasteiger partial charge in [0.15, 0.2) is 11.4 Å². The Kier molecular flexibility index (Phi) is 7.67. The fourth-order valence-corrected chi connectivity index (χ4v) is 6.27. The van der Waals surface area contributed by atoms with Crippen molar-refractivity contribution in [2.75, 3.05) is 37.9 Å². The lowest BCUT2D eigenvalue weighted by atomic mass is 9.93. The summed E-state index contributed by atoms with van der Waals surface area (Å²) in [5.74, 6) is -2.76. The van der Waals surface area contributed by atoms with Gasteiger partial charge in [0.25, 0.3) is 5.91 Å². The molecule has 1 aromatic carbocycles. The highest BCUT2D eigenvalue weighted by molar-refractivity contribution is 8.26. The summed E-state index contributed by atoms with van der Waals surface area (Å²) in [5, 5.41) is 28.8. The van der Waals surface area contributed by atoms with Gasteiger partial charge >= 0.3 is 0 Å². The Balaban J connectivity index is 1.66. The van der Waals surface area contributed by atoms with E-state index < -0.39 is 34.4 Å². The molecular formula is C24H28F2N6O3S2. The van der Waals surface area contributed by atoms with Gasteiger partial charge < -0.3 is 10.0 Å². The van der Waals surface area contributed by atoms with Crippen molar-refractivity contribution >= 4 is 39.7 Å². The van der Waals surface area contributed by atoms with E-state index in [9.17, 15) is 23.5 Å². The average molecular weight is 551 g/mol. The molecule has 2 aliphatic heterocycles. The van der Waals surface area contributed by atoms with Crippen LogP contribution in [0.5, 0.6) is 5.75 Å². The Morgan fingerprint density at radius 3 is 2.46 bits per heavy atom. The number of piperidine rings is 1. The third-order valence-electron chi connectivity index (χ3n) is 6.97. The van der Waals surface area contributed by atoms with E-state index in [0.29, 0.717) is 31.1 Å². The zero-order valence-corrected chi connectivity index (χ0v) is 22.3. The Morgan fingerprint density at radius 2 is 1.86 bits per heavy atom. The second-order valence-corrected chi connectivity index (χ2v) is 10.8. The molecule has 0 radical (unpaired) electrons. The molecule has 0 atom stereocenters. The monoisotopic (exact) mass is 550 g/mol. The molecule has 198 valence electrons. The Hall–Kier alpha value is -2.90. The fourth-order valence-electron chi connectivity index (χ4n) is 4.99. The van der Waals surface area contributed by atoms with Gasteiger partial charge in [-0.25, -0.2) is 8.78 Å². The summed E-state index contributed by atoms with van der Waals surface area (Å²) in [4.78, 5) is 28.2. The van der Waals surface area contributed by atoms with Crippen LogP contribution in [0.15, 0.2) is 29.2 Å². The molecule has 2 aliphatic rings. The van der Waals surface area contributed by atoms with Crippen molar-refractivity contribution in [2.24, 2.45) is 0 Å². The van der Waals surface area contributed by atoms with Crippen LogP contribution >= 0.6 is 23.7 Å². The summed E-state index contributed by atoms with van der Waals surface area (Å²) in [5.41, 5.74) is -1.84. The molecule has 0 unspecified atom stereocenters. The van der Waals surface area contributed by atoms with Gasteiger partial charge in [-0.1, -0.05) is 29.8 Å². The standard InChI is InChI=1S/C24H28F2N6O3S2/c1-4-31-23(35)19-21(34)20(33)16(13-32(19)29(2)24(31)7-9-30(36-3)10-8-24)22(28)37-18(27)11-14-5-6-15(25)12-17(14)26/h5-6,12-13,27-28,34H,4,7-11H2,1-3H3. The molecular weight excluding hydrogens is 522 g/mol. The second-order valence-electron chi connectivity index (χ2n) is 8.85. The van der Waals surface area contributed by atoms with E-state index >= 15 is 0 Å². The zero-order chi connectivity index (χ0) is 27.1. The molecule has 3 N–H and O–H groups in total. The van der Waals surface area contributed by atoms with Gasteiger partial charge in [0.2, 0.25) is 5.43 Å². The number of amides is 1. The first-order chi connectivity index (χ1) is 17.5. The highest BCUT2D eigenvalue weighted by atomic mass is 32.2. The molecule has 2 aromatic rings. The summed E-state index contributed by atoms with van der Waals surface area (Å²) in [6, 6.07) is 3.03. The third-order valence-corrected chi connectivity index (χ3v) is 8.67. The Morgan fingerprint density at radius 1 is 1.19 bits per heavy atom. The van der Waals surface area contributed by atoms with Gasteiger partial charge in [-0.3, -0.25) is 34.4 Å². The number of pyridine rings is 1. The Bertz CT molecular complexity index is 1330. The second kappa shape index (κ2) is 10.5. The number of nitrogens with one attached hydrogen (secondary N) is 2. The molecule has 0 aliphatic carbocycles. The average Bonchev–Trinajstić information content (AvgIpc) is 2.86. The van der Waals surface area contributed by atoms with Gasteiger partial charge in [-0.2, -0.15) is 0 Å². The number of carbonyl (C=O) groups is 1. The topological polar surface area (TPSA) is 117 Å². The van der Waals surface area contributed by atoms with Crippen LogP contribution in [0.1, 0.15) is 41.4 Å². The largest absolute Gasteiger partial charge is 0.502 e. The first-order valence-electron chi connectivity index (χ1n) is 11.7. The van der Waals surface area contributed by atoms with Gasteiger partial charge in [-0.15, -0.1) is 0 Å². The van der Waals surface area contributed by atoms with Crippen molar-refractivity contribution in [1.82, 2.24) is 13.9 Å². The number of benzene rings is 1. The van der Waals surface area contributed by atoms with Crippen LogP contribution in [-0.2, 0) is 6.42 Å². The predicted octanol–water partition coefficient (Wildman–Crippen LogP) is 3.22. The number of hydrogen-bond donors (Lipinski definition) is 3. The minimum Gasteiger partial charge on any atom is -0.502 e. The number of aromatic nitrogens is 1. The smallest absolute Gasteiger partial charge is 0.278 e. The van der Waals surface area contributed by atoms with Crippen molar-refractivity contribution < 1.29 is 18.7 Å². The normalized spacial score (nSPS) is 17.3. The van der Waals surface area contributed by atoms with E-state index in [4.69, 9.17) is 10.8 Å². The van der Waals surface area contributed by atoms with Crippen LogP contribution in [0.4, 0.5) is 8.78 Å². The van der Waals surface area contributed by atoms with Gasteiger partial charge in [-0.05, 0) is 24.8 Å². The lowest BCUT2D eigenvalue weighted by Crippen LogP contribution is -2.71. The first kappa shape index (κ1) is 27.1. The zero-order valence-electron chi connectivity index (χ0n) is 20.7. The molecule has 4 rings (SSSR count). The van der Waals surface area contributed by atoms with E-state index in [1.807, 2.05) is 18.2 Å². The van der Waals surface area contributed by atoms with Crippen molar-refractivity contribution in [3.05, 3.63) is 63.1 Å². The minimum atomic E-state index is -0.893. The maximum atomic E-state index is 14.0. The molecule has 37 heavy (non-hydrogen) atoms. The quantitative estimate of drug-likeness (QED) is 0.297. The number of aromatic hydroxyl groups is 1. The number of fused-ring (bicyclic) bond motifs is 1. The van der Waals surface area contributed by atoms with Crippen LogP contribution in [0.3, 0.4) is 0 Å². The lowest BCUT2D eigenvalue weighted by Gasteiger charge is -2.56. The van der Waals surface area contributed by atoms with Crippen molar-refractivity contribution in [2.45, 2.75) is 31.8 Å². The number of thioether (sulfide) groups is 1. The molecule has 1 saturated heterocycles. The fraction of sp³-hybridized carbons (Fsp3) is 0.417. The number of halogens is 2. The molecule has 1 amide bonds. The summed E-state index contributed by atoms with van der Waals surface area (Å²) >= 11 is 2.27. The van der Waals surface area contributed by atoms with E-state index in [0.717, 1.165) is 25.2 Å². The maximum Gasteiger partial charge on any atom is 0.278 e. The molecule has 13 heteroatoms. The molecule has 0 bridgehead atoms. The minimum absolute atomic E-state index is 0.0835. The SMILES string of the molecule is CCN1C(=O)c2c(O)c(=O)c(C(=N)SC(=N)Cc3ccc(F)cc3F)cn2N(C)C12CCN(SC)CC2. The number of hydrogen-bond acceptors (Lipinski definition) is 9. The lowest BCUT2D eigenvalue weighted by molar-refractivity contribution is 0.0107. The van der Waals surface area contributed by atoms with Crippen LogP contribution in [0.25, 0.3) is 0 Å². The van der Waals surface area contributed by atoms with Crippen molar-refractivity contribution in [3.63, 3.8) is 0 Å². The van der Waals surface area contributed by atoms with Crippen LogP contribution in [0.2, 0.25) is 0 Å². The summed E-state index contributed by atoms with van der Waals surface area (Å²) < 4.78 is 30.8. The molecule has 0 saturated carbocycles. The van der Waals surface area contributed by atoms with Crippen LogP contribution in [-0.4, -0.2) is 73.6 Å². The molecule has 9 nitrogen and oxygen atoms in total.